The van der Waals surface area contributed by atoms with E-state index < -0.39 is 0 Å². The van der Waals surface area contributed by atoms with E-state index in [1.807, 2.05) is 0 Å². The maximum Gasteiger partial charge on any atom is 0.130 e. The van der Waals surface area contributed by atoms with Crippen LogP contribution in [0.25, 0.3) is 0 Å². The second kappa shape index (κ2) is 7.70. The molecule has 1 aliphatic heterocycles. The fourth-order valence-corrected chi connectivity index (χ4v) is 3.41. The van der Waals surface area contributed by atoms with Crippen molar-refractivity contribution in [2.45, 2.75) is 25.5 Å². The average molecular weight is 351 g/mol. The lowest BCUT2D eigenvalue weighted by Crippen LogP contribution is -2.19. The van der Waals surface area contributed by atoms with Gasteiger partial charge < -0.3 is 4.74 Å². The number of hydrogen-bond donors (Lipinski definition) is 1. The molecule has 0 bridgehead atoms. The summed E-state index contributed by atoms with van der Waals surface area (Å²) in [6.45, 7) is 3.51. The van der Waals surface area contributed by atoms with Crippen LogP contribution < -0.4 is 4.74 Å². The van der Waals surface area contributed by atoms with E-state index >= 15 is 0 Å². The summed E-state index contributed by atoms with van der Waals surface area (Å²) in [5, 5.41) is 7.54. The number of nitrogens with zero attached hydrogens (tertiary/aromatic N) is 2. The number of rotatable bonds is 6. The Labute approximate surface area is 152 Å². The topological polar surface area (TPSA) is 41.1 Å². The van der Waals surface area contributed by atoms with Crippen LogP contribution in [0.2, 0.25) is 0 Å². The highest BCUT2D eigenvalue weighted by atomic mass is 19.1. The van der Waals surface area contributed by atoms with Gasteiger partial charge in [0, 0.05) is 19.0 Å². The summed E-state index contributed by atoms with van der Waals surface area (Å²) < 4.78 is 18.6. The highest BCUT2D eigenvalue weighted by molar-refractivity contribution is 5.23. The van der Waals surface area contributed by atoms with Gasteiger partial charge in [0.1, 0.15) is 18.2 Å². The summed E-state index contributed by atoms with van der Waals surface area (Å²) in [5.74, 6) is 0.842. The zero-order valence-corrected chi connectivity index (χ0v) is 14.6. The van der Waals surface area contributed by atoms with Gasteiger partial charge in [-0.3, -0.25) is 10.00 Å². The van der Waals surface area contributed by atoms with Crippen LogP contribution in [-0.2, 0) is 13.2 Å². The van der Waals surface area contributed by atoms with E-state index in [-0.39, 0.29) is 5.82 Å². The Morgan fingerprint density at radius 1 is 1.12 bits per heavy atom. The largest absolute Gasteiger partial charge is 0.487 e. The number of nitrogens with one attached hydrogen (secondary N) is 1. The summed E-state index contributed by atoms with van der Waals surface area (Å²) in [7, 11) is 0. The molecule has 4 nitrogen and oxygen atoms in total. The van der Waals surface area contributed by atoms with Gasteiger partial charge in [0.15, 0.2) is 0 Å². The van der Waals surface area contributed by atoms with E-state index in [9.17, 15) is 4.39 Å². The third-order valence-corrected chi connectivity index (χ3v) is 4.80. The first kappa shape index (κ1) is 16.8. The molecule has 0 spiro atoms. The number of H-pyrrole nitrogens is 1. The van der Waals surface area contributed by atoms with Crippen molar-refractivity contribution in [2.75, 3.05) is 13.1 Å². The van der Waals surface area contributed by atoms with Crippen LogP contribution in [0.3, 0.4) is 0 Å². The predicted molar refractivity (Wildman–Crippen MR) is 98.4 cm³/mol. The van der Waals surface area contributed by atoms with Gasteiger partial charge in [-0.15, -0.1) is 0 Å². The van der Waals surface area contributed by atoms with Crippen LogP contribution >= 0.6 is 0 Å². The van der Waals surface area contributed by atoms with Crippen molar-refractivity contribution < 1.29 is 9.13 Å². The van der Waals surface area contributed by atoms with Gasteiger partial charge in [-0.1, -0.05) is 30.3 Å². The lowest BCUT2D eigenvalue weighted by Gasteiger charge is -2.15. The fourth-order valence-electron chi connectivity index (χ4n) is 3.41. The second-order valence-electron chi connectivity index (χ2n) is 6.77. The van der Waals surface area contributed by atoms with Crippen molar-refractivity contribution in [3.05, 3.63) is 83.4 Å². The number of aromatic nitrogens is 2. The van der Waals surface area contributed by atoms with E-state index in [1.165, 1.54) is 17.7 Å². The molecule has 1 atom stereocenters. The van der Waals surface area contributed by atoms with Crippen molar-refractivity contribution in [3.8, 4) is 5.75 Å². The van der Waals surface area contributed by atoms with Crippen molar-refractivity contribution in [2.24, 2.45) is 0 Å². The molecule has 0 unspecified atom stereocenters. The minimum absolute atomic E-state index is 0.262. The van der Waals surface area contributed by atoms with Gasteiger partial charge >= 0.3 is 0 Å². The lowest BCUT2D eigenvalue weighted by atomic mass is 10.1. The number of likely N-dealkylation sites (tertiary alicyclic amines) is 1. The molecule has 1 N–H and O–H groups in total. The smallest absolute Gasteiger partial charge is 0.130 e. The highest BCUT2D eigenvalue weighted by Crippen LogP contribution is 2.27. The predicted octanol–water partition coefficient (Wildman–Crippen LogP) is 4.12. The summed E-state index contributed by atoms with van der Waals surface area (Å²) in [4.78, 5) is 2.48. The highest BCUT2D eigenvalue weighted by Gasteiger charge is 2.25. The van der Waals surface area contributed by atoms with Crippen LogP contribution in [-0.4, -0.2) is 28.2 Å². The molecule has 0 aliphatic carbocycles. The zero-order valence-electron chi connectivity index (χ0n) is 14.6. The molecule has 0 radical (unpaired) electrons. The first-order valence-corrected chi connectivity index (χ1v) is 8.95. The van der Waals surface area contributed by atoms with Crippen LogP contribution in [0.15, 0.2) is 60.7 Å². The molecular weight excluding hydrogens is 329 g/mol. The molecular formula is C21H22FN3O. The van der Waals surface area contributed by atoms with E-state index in [0.29, 0.717) is 18.3 Å². The van der Waals surface area contributed by atoms with E-state index in [4.69, 9.17) is 4.74 Å². The minimum atomic E-state index is -0.262. The summed E-state index contributed by atoms with van der Waals surface area (Å²) in [6.07, 6.45) is 1.12. The Morgan fingerprint density at radius 3 is 2.73 bits per heavy atom. The average Bonchev–Trinajstić information content (AvgIpc) is 3.31. The van der Waals surface area contributed by atoms with Crippen molar-refractivity contribution in [3.63, 3.8) is 0 Å². The Bertz CT molecular complexity index is 832. The van der Waals surface area contributed by atoms with Gasteiger partial charge in [0.2, 0.25) is 0 Å². The van der Waals surface area contributed by atoms with Crippen LogP contribution in [0.5, 0.6) is 5.75 Å². The molecule has 4 rings (SSSR count). The second-order valence-corrected chi connectivity index (χ2v) is 6.77. The molecule has 2 heterocycles. The standard InChI is InChI=1S/C21H22FN3O/c22-18-6-8-20(9-7-18)26-15-19-12-21(24-23-19)17-10-11-25(14-17)13-16-4-2-1-3-5-16/h1-9,12,17H,10-11,13-15H2,(H,23,24)/t17-/m1/s1. The molecule has 1 fully saturated rings. The summed E-state index contributed by atoms with van der Waals surface area (Å²) >= 11 is 0. The van der Waals surface area contributed by atoms with Crippen molar-refractivity contribution in [1.82, 2.24) is 15.1 Å². The van der Waals surface area contributed by atoms with Gasteiger partial charge in [-0.25, -0.2) is 4.39 Å². The molecule has 0 saturated carbocycles. The van der Waals surface area contributed by atoms with Gasteiger partial charge in [0.05, 0.1) is 11.4 Å². The van der Waals surface area contributed by atoms with E-state index in [0.717, 1.165) is 37.4 Å². The fraction of sp³-hybridized carbons (Fsp3) is 0.286. The molecule has 2 aromatic carbocycles. The maximum atomic E-state index is 12.9. The van der Waals surface area contributed by atoms with Gasteiger partial charge in [-0.05, 0) is 48.9 Å². The summed E-state index contributed by atoms with van der Waals surface area (Å²) in [6, 6.07) is 18.7. The zero-order chi connectivity index (χ0) is 17.8. The molecule has 3 aromatic rings. The maximum absolute atomic E-state index is 12.9. The Kier molecular flexibility index (Phi) is 4.97. The lowest BCUT2D eigenvalue weighted by molar-refractivity contribution is 0.300. The Hall–Kier alpha value is -2.66. The third kappa shape index (κ3) is 4.11. The van der Waals surface area contributed by atoms with E-state index in [1.54, 1.807) is 12.1 Å². The number of ether oxygens (including phenoxy) is 1. The SMILES string of the molecule is Fc1ccc(OCc2cc([C@@H]3CCN(Cc4ccccc4)C3)n[nH]2)cc1. The molecule has 5 heteroatoms. The molecule has 26 heavy (non-hydrogen) atoms. The normalized spacial score (nSPS) is 17.5. The molecule has 1 aliphatic rings. The van der Waals surface area contributed by atoms with Crippen molar-refractivity contribution >= 4 is 0 Å². The van der Waals surface area contributed by atoms with Crippen LogP contribution in [0.1, 0.15) is 29.3 Å². The van der Waals surface area contributed by atoms with Crippen molar-refractivity contribution in [1.29, 1.82) is 0 Å². The molecule has 1 aromatic heterocycles. The minimum Gasteiger partial charge on any atom is -0.487 e. The summed E-state index contributed by atoms with van der Waals surface area (Å²) in [5.41, 5.74) is 3.38. The first-order chi connectivity index (χ1) is 12.8. The van der Waals surface area contributed by atoms with Gasteiger partial charge in [0.25, 0.3) is 0 Å². The van der Waals surface area contributed by atoms with E-state index in [2.05, 4.69) is 51.5 Å². The Morgan fingerprint density at radius 2 is 1.92 bits per heavy atom. The quantitative estimate of drug-likeness (QED) is 0.726. The van der Waals surface area contributed by atoms with Gasteiger partial charge in [-0.2, -0.15) is 5.10 Å². The molecule has 1 saturated heterocycles. The molecule has 134 valence electrons. The third-order valence-electron chi connectivity index (χ3n) is 4.80. The molecule has 0 amide bonds. The number of aromatic amines is 1. The van der Waals surface area contributed by atoms with Crippen LogP contribution in [0.4, 0.5) is 4.39 Å². The number of benzene rings is 2. The first-order valence-electron chi connectivity index (χ1n) is 8.95. The van der Waals surface area contributed by atoms with Crippen LogP contribution in [0, 0.1) is 5.82 Å². The Balaban J connectivity index is 1.31. The number of hydrogen-bond acceptors (Lipinski definition) is 3. The number of halogens is 1. The monoisotopic (exact) mass is 351 g/mol.